The Morgan fingerprint density at radius 1 is 1.15 bits per heavy atom. The van der Waals surface area contributed by atoms with E-state index in [1.807, 2.05) is 51.1 Å². The number of amides is 1. The molecule has 5 nitrogen and oxygen atoms in total. The lowest BCUT2D eigenvalue weighted by molar-refractivity contribution is -0.116. The van der Waals surface area contributed by atoms with E-state index >= 15 is 0 Å². The van der Waals surface area contributed by atoms with Crippen molar-refractivity contribution >= 4 is 39.1 Å². The number of carbonyl (C=O) groups is 1. The molecule has 1 amide bonds. The summed E-state index contributed by atoms with van der Waals surface area (Å²) in [6.45, 7) is 7.52. The molecular formula is C20H26N2O3S2. The summed E-state index contributed by atoms with van der Waals surface area (Å²) in [7, 11) is -3.64. The molecule has 2 aromatic rings. The standard InChI is InChI=1S/C20H26N2O3S2/c1-6-26-19-10-8-7-9-18(19)21-20(23)16(4)22(27(5,24)25)17-12-11-14(2)15(3)13-17/h7-13,16H,6H2,1-5H3,(H,21,23)/t16-/m0/s1. The molecule has 0 aliphatic heterocycles. The number of nitrogens with one attached hydrogen (secondary N) is 1. The number of hydrogen-bond acceptors (Lipinski definition) is 4. The number of nitrogens with zero attached hydrogens (tertiary/aromatic N) is 1. The maximum Gasteiger partial charge on any atom is 0.248 e. The first kappa shape index (κ1) is 21.3. The molecule has 0 aliphatic carbocycles. The molecule has 0 bridgehead atoms. The van der Waals surface area contributed by atoms with Crippen LogP contribution in [0.25, 0.3) is 0 Å². The molecule has 0 fully saturated rings. The van der Waals surface area contributed by atoms with Crippen molar-refractivity contribution in [1.29, 1.82) is 0 Å². The van der Waals surface area contributed by atoms with Gasteiger partial charge in [-0.05, 0) is 61.9 Å². The van der Waals surface area contributed by atoms with Gasteiger partial charge in [0, 0.05) is 4.90 Å². The van der Waals surface area contributed by atoms with Gasteiger partial charge in [0.1, 0.15) is 6.04 Å². The van der Waals surface area contributed by atoms with E-state index in [2.05, 4.69) is 5.32 Å². The Morgan fingerprint density at radius 2 is 1.81 bits per heavy atom. The summed E-state index contributed by atoms with van der Waals surface area (Å²) in [5.41, 5.74) is 3.21. The molecule has 0 saturated heterocycles. The quantitative estimate of drug-likeness (QED) is 0.700. The van der Waals surface area contributed by atoms with Crippen LogP contribution in [0.2, 0.25) is 0 Å². The van der Waals surface area contributed by atoms with Gasteiger partial charge in [0.25, 0.3) is 0 Å². The monoisotopic (exact) mass is 406 g/mol. The first-order valence-electron chi connectivity index (χ1n) is 8.74. The third-order valence-corrected chi connectivity index (χ3v) is 6.48. The van der Waals surface area contributed by atoms with E-state index in [9.17, 15) is 13.2 Å². The lowest BCUT2D eigenvalue weighted by atomic mass is 10.1. The Hall–Kier alpha value is -1.99. The Labute approximate surface area is 166 Å². The summed E-state index contributed by atoms with van der Waals surface area (Å²) in [6.07, 6.45) is 1.12. The van der Waals surface area contributed by atoms with Crippen LogP contribution in [0.5, 0.6) is 0 Å². The van der Waals surface area contributed by atoms with Gasteiger partial charge in [-0.1, -0.05) is 25.1 Å². The maximum absolute atomic E-state index is 12.9. The van der Waals surface area contributed by atoms with Crippen LogP contribution in [-0.4, -0.2) is 32.4 Å². The van der Waals surface area contributed by atoms with Gasteiger partial charge in [-0.3, -0.25) is 9.10 Å². The fourth-order valence-electron chi connectivity index (χ4n) is 2.76. The van der Waals surface area contributed by atoms with E-state index < -0.39 is 16.1 Å². The molecule has 0 saturated carbocycles. The predicted octanol–water partition coefficient (Wildman–Crippen LogP) is 4.21. The van der Waals surface area contributed by atoms with Gasteiger partial charge in [0.15, 0.2) is 0 Å². The number of sulfonamides is 1. The molecule has 2 aromatic carbocycles. The molecule has 0 unspecified atom stereocenters. The largest absolute Gasteiger partial charge is 0.323 e. The molecule has 2 rings (SSSR count). The van der Waals surface area contributed by atoms with Crippen molar-refractivity contribution in [2.75, 3.05) is 21.6 Å². The number of aryl methyl sites for hydroxylation is 2. The highest BCUT2D eigenvalue weighted by molar-refractivity contribution is 7.99. The van der Waals surface area contributed by atoms with E-state index in [0.29, 0.717) is 11.4 Å². The fourth-order valence-corrected chi connectivity index (χ4v) is 4.69. The summed E-state index contributed by atoms with van der Waals surface area (Å²) < 4.78 is 26.0. The van der Waals surface area contributed by atoms with Gasteiger partial charge in [0.2, 0.25) is 15.9 Å². The van der Waals surface area contributed by atoms with Gasteiger partial charge in [-0.2, -0.15) is 0 Å². The van der Waals surface area contributed by atoms with Crippen LogP contribution < -0.4 is 9.62 Å². The van der Waals surface area contributed by atoms with Gasteiger partial charge >= 0.3 is 0 Å². The smallest absolute Gasteiger partial charge is 0.248 e. The minimum Gasteiger partial charge on any atom is -0.323 e. The molecule has 1 N–H and O–H groups in total. The first-order chi connectivity index (χ1) is 12.6. The van der Waals surface area contributed by atoms with Crippen LogP contribution in [0.1, 0.15) is 25.0 Å². The average Bonchev–Trinajstić information content (AvgIpc) is 2.59. The van der Waals surface area contributed by atoms with Crippen molar-refractivity contribution in [3.05, 3.63) is 53.6 Å². The van der Waals surface area contributed by atoms with E-state index in [1.165, 1.54) is 4.31 Å². The second kappa shape index (κ2) is 8.80. The molecule has 0 spiro atoms. The molecule has 7 heteroatoms. The highest BCUT2D eigenvalue weighted by Gasteiger charge is 2.29. The summed E-state index contributed by atoms with van der Waals surface area (Å²) >= 11 is 1.62. The zero-order chi connectivity index (χ0) is 20.2. The van der Waals surface area contributed by atoms with Crippen LogP contribution in [0.4, 0.5) is 11.4 Å². The molecule has 0 radical (unpaired) electrons. The van der Waals surface area contributed by atoms with Crippen molar-refractivity contribution < 1.29 is 13.2 Å². The molecular weight excluding hydrogens is 380 g/mol. The van der Waals surface area contributed by atoms with Crippen molar-refractivity contribution in [3.63, 3.8) is 0 Å². The summed E-state index contributed by atoms with van der Waals surface area (Å²) in [5, 5.41) is 2.88. The third kappa shape index (κ3) is 5.26. The van der Waals surface area contributed by atoms with Crippen LogP contribution in [0.15, 0.2) is 47.4 Å². The predicted molar refractivity (Wildman–Crippen MR) is 114 cm³/mol. The number of anilines is 2. The van der Waals surface area contributed by atoms with Crippen LogP contribution in [-0.2, 0) is 14.8 Å². The summed E-state index contributed by atoms with van der Waals surface area (Å²) in [6, 6.07) is 12.0. The molecule has 1 atom stereocenters. The Morgan fingerprint density at radius 3 is 2.41 bits per heavy atom. The minimum absolute atomic E-state index is 0.372. The van der Waals surface area contributed by atoms with Crippen LogP contribution in [0, 0.1) is 13.8 Å². The number of thioether (sulfide) groups is 1. The van der Waals surface area contributed by atoms with Gasteiger partial charge in [0.05, 0.1) is 17.6 Å². The molecule has 0 aliphatic rings. The molecule has 0 aromatic heterocycles. The van der Waals surface area contributed by atoms with E-state index in [0.717, 1.165) is 28.0 Å². The molecule has 146 valence electrons. The number of benzene rings is 2. The van der Waals surface area contributed by atoms with Crippen molar-refractivity contribution in [2.24, 2.45) is 0 Å². The number of carbonyl (C=O) groups excluding carboxylic acids is 1. The Balaban J connectivity index is 2.34. The Kier molecular flexibility index (Phi) is 6.95. The molecule has 0 heterocycles. The zero-order valence-electron chi connectivity index (χ0n) is 16.3. The van der Waals surface area contributed by atoms with E-state index in [-0.39, 0.29) is 5.91 Å². The average molecular weight is 407 g/mol. The molecule has 27 heavy (non-hydrogen) atoms. The summed E-state index contributed by atoms with van der Waals surface area (Å²) in [5.74, 6) is 0.503. The second-order valence-corrected chi connectivity index (χ2v) is 9.59. The van der Waals surface area contributed by atoms with Gasteiger partial charge < -0.3 is 5.32 Å². The maximum atomic E-state index is 12.9. The van der Waals surface area contributed by atoms with Crippen LogP contribution >= 0.6 is 11.8 Å². The second-order valence-electron chi connectivity index (χ2n) is 6.42. The topological polar surface area (TPSA) is 66.5 Å². The van der Waals surface area contributed by atoms with E-state index in [1.54, 1.807) is 30.8 Å². The van der Waals surface area contributed by atoms with Crippen LogP contribution in [0.3, 0.4) is 0 Å². The highest BCUT2D eigenvalue weighted by atomic mass is 32.2. The van der Waals surface area contributed by atoms with Gasteiger partial charge in [-0.25, -0.2) is 8.42 Å². The fraction of sp³-hybridized carbons (Fsp3) is 0.350. The van der Waals surface area contributed by atoms with Crippen molar-refractivity contribution in [2.45, 2.75) is 38.6 Å². The number of rotatable bonds is 7. The Bertz CT molecular complexity index is 927. The lowest BCUT2D eigenvalue weighted by Gasteiger charge is -2.29. The van der Waals surface area contributed by atoms with Gasteiger partial charge in [-0.15, -0.1) is 11.8 Å². The lowest BCUT2D eigenvalue weighted by Crippen LogP contribution is -2.45. The van der Waals surface area contributed by atoms with E-state index in [4.69, 9.17) is 0 Å². The number of para-hydroxylation sites is 1. The number of hydrogen-bond donors (Lipinski definition) is 1. The summed E-state index contributed by atoms with van der Waals surface area (Å²) in [4.78, 5) is 13.8. The zero-order valence-corrected chi connectivity index (χ0v) is 17.9. The highest BCUT2D eigenvalue weighted by Crippen LogP contribution is 2.28. The third-order valence-electron chi connectivity index (χ3n) is 4.28. The minimum atomic E-state index is -3.64. The van der Waals surface area contributed by atoms with Crippen molar-refractivity contribution in [1.82, 2.24) is 0 Å². The first-order valence-corrected chi connectivity index (χ1v) is 11.6. The normalized spacial score (nSPS) is 12.5. The van der Waals surface area contributed by atoms with Crippen molar-refractivity contribution in [3.8, 4) is 0 Å². The SMILES string of the molecule is CCSc1ccccc1NC(=O)[C@H](C)N(c1ccc(C)c(C)c1)S(C)(=O)=O.